The Labute approximate surface area is 178 Å². The van der Waals surface area contributed by atoms with E-state index in [1.54, 1.807) is 0 Å². The molecular weight excluding hydrogens is 368 g/mol. The van der Waals surface area contributed by atoms with Crippen LogP contribution in [-0.2, 0) is 6.54 Å². The summed E-state index contributed by atoms with van der Waals surface area (Å²) in [5.41, 5.74) is 6.05. The maximum absolute atomic E-state index is 5.12. The number of nitrogens with zero attached hydrogens (tertiary/aromatic N) is 2. The van der Waals surface area contributed by atoms with Crippen molar-refractivity contribution < 1.29 is 0 Å². The minimum atomic E-state index is -0.0659. The van der Waals surface area contributed by atoms with Gasteiger partial charge in [0.2, 0.25) is 0 Å². The molecule has 0 aliphatic carbocycles. The van der Waals surface area contributed by atoms with Gasteiger partial charge in [-0.2, -0.15) is 0 Å². The van der Waals surface area contributed by atoms with Crippen molar-refractivity contribution in [2.24, 2.45) is 4.99 Å². The number of anilines is 2. The quantitative estimate of drug-likeness (QED) is 0.659. The number of hydrogen-bond donors (Lipinski definition) is 2. The molecule has 0 bridgehead atoms. The van der Waals surface area contributed by atoms with Gasteiger partial charge in [0.05, 0.1) is 23.5 Å². The molecule has 1 fully saturated rings. The molecule has 30 heavy (non-hydrogen) atoms. The van der Waals surface area contributed by atoms with E-state index in [0.29, 0.717) is 6.54 Å². The molecule has 152 valence electrons. The second kappa shape index (κ2) is 7.96. The number of rotatable bonds is 3. The van der Waals surface area contributed by atoms with Crippen molar-refractivity contribution in [3.05, 3.63) is 84.4 Å². The Morgan fingerprint density at radius 1 is 0.833 bits per heavy atom. The lowest BCUT2D eigenvalue weighted by Crippen LogP contribution is -2.62. The number of nitrogens with one attached hydrogen (secondary N) is 2. The molecule has 0 aromatic heterocycles. The summed E-state index contributed by atoms with van der Waals surface area (Å²) in [5.74, 6) is 1.09. The molecule has 0 saturated carbocycles. The molecule has 2 aliphatic heterocycles. The molecule has 2 aliphatic rings. The highest BCUT2D eigenvalue weighted by Gasteiger charge is 2.44. The first kappa shape index (κ1) is 18.9. The summed E-state index contributed by atoms with van der Waals surface area (Å²) in [7, 11) is 2.22. The molecule has 0 amide bonds. The van der Waals surface area contributed by atoms with Gasteiger partial charge in [-0.15, -0.1) is 0 Å². The average Bonchev–Trinajstić information content (AvgIpc) is 2.82. The van der Waals surface area contributed by atoms with E-state index in [-0.39, 0.29) is 5.54 Å². The van der Waals surface area contributed by atoms with Gasteiger partial charge in [0, 0.05) is 7.05 Å². The van der Waals surface area contributed by atoms with Crippen LogP contribution < -0.4 is 15.5 Å². The van der Waals surface area contributed by atoms with Gasteiger partial charge in [0.1, 0.15) is 5.84 Å². The molecule has 4 nitrogen and oxygen atoms in total. The summed E-state index contributed by atoms with van der Waals surface area (Å²) in [6.45, 7) is 2.71. The standard InChI is InChI=1S/C26H28N4/c1-30-24-10-6-5-9-23(24)29-25(26(30)15-17-27-18-16-26)28-19-20-11-13-22(14-12-20)21-7-3-2-4-8-21/h2-14,27H,15-19H2,1H3,(H,28,29). The van der Waals surface area contributed by atoms with Crippen molar-refractivity contribution in [3.63, 3.8) is 0 Å². The van der Waals surface area contributed by atoms with Gasteiger partial charge >= 0.3 is 0 Å². The van der Waals surface area contributed by atoms with E-state index in [9.17, 15) is 0 Å². The van der Waals surface area contributed by atoms with Crippen LogP contribution in [0.4, 0.5) is 11.4 Å². The Hall–Kier alpha value is -3.11. The van der Waals surface area contributed by atoms with Gasteiger partial charge in [-0.05, 0) is 54.8 Å². The Kier molecular flexibility index (Phi) is 5.01. The predicted octanol–water partition coefficient (Wildman–Crippen LogP) is 4.94. The third kappa shape index (κ3) is 3.37. The fourth-order valence-electron chi connectivity index (χ4n) is 4.71. The lowest BCUT2D eigenvalue weighted by molar-refractivity contribution is 0.379. The van der Waals surface area contributed by atoms with E-state index in [1.165, 1.54) is 22.4 Å². The van der Waals surface area contributed by atoms with E-state index >= 15 is 0 Å². The molecule has 1 spiro atoms. The zero-order valence-corrected chi connectivity index (χ0v) is 17.4. The van der Waals surface area contributed by atoms with E-state index < -0.39 is 0 Å². The zero-order valence-electron chi connectivity index (χ0n) is 17.4. The lowest BCUT2D eigenvalue weighted by atomic mass is 9.82. The number of para-hydroxylation sites is 2. The normalized spacial score (nSPS) is 18.8. The van der Waals surface area contributed by atoms with Gasteiger partial charge < -0.3 is 15.5 Å². The SMILES string of the molecule is CN1c2ccccc2NC(=NCc2ccc(-c3ccccc3)cc2)C12CCNCC2. The Bertz CT molecular complexity index is 1030. The maximum Gasteiger partial charge on any atom is 0.127 e. The minimum Gasteiger partial charge on any atom is -0.360 e. The van der Waals surface area contributed by atoms with E-state index in [4.69, 9.17) is 4.99 Å². The van der Waals surface area contributed by atoms with Gasteiger partial charge in [0.25, 0.3) is 0 Å². The van der Waals surface area contributed by atoms with Crippen LogP contribution >= 0.6 is 0 Å². The first-order valence-electron chi connectivity index (χ1n) is 10.8. The van der Waals surface area contributed by atoms with Crippen LogP contribution in [0.25, 0.3) is 11.1 Å². The van der Waals surface area contributed by atoms with Gasteiger partial charge in [-0.25, -0.2) is 0 Å². The number of amidine groups is 1. The van der Waals surface area contributed by atoms with Crippen molar-refractivity contribution in [2.45, 2.75) is 24.9 Å². The lowest BCUT2D eigenvalue weighted by Gasteiger charge is -2.50. The van der Waals surface area contributed by atoms with Crippen LogP contribution in [0.3, 0.4) is 0 Å². The third-order valence-electron chi connectivity index (χ3n) is 6.51. The zero-order chi connectivity index (χ0) is 20.4. The number of piperidine rings is 1. The maximum atomic E-state index is 5.12. The highest BCUT2D eigenvalue weighted by molar-refractivity contribution is 6.10. The van der Waals surface area contributed by atoms with E-state index in [2.05, 4.69) is 101 Å². The molecule has 4 heteroatoms. The van der Waals surface area contributed by atoms with E-state index in [0.717, 1.165) is 37.5 Å². The minimum absolute atomic E-state index is 0.0659. The fraction of sp³-hybridized carbons (Fsp3) is 0.269. The number of benzene rings is 3. The Balaban J connectivity index is 1.43. The largest absolute Gasteiger partial charge is 0.360 e. The molecule has 2 heterocycles. The molecule has 2 N–H and O–H groups in total. The number of aliphatic imine (C=N–C) groups is 1. The Morgan fingerprint density at radius 3 is 2.27 bits per heavy atom. The molecule has 3 aromatic rings. The number of hydrogen-bond acceptors (Lipinski definition) is 3. The molecule has 1 saturated heterocycles. The number of fused-ring (bicyclic) bond motifs is 1. The first-order valence-corrected chi connectivity index (χ1v) is 10.8. The first-order chi connectivity index (χ1) is 14.8. The molecule has 0 atom stereocenters. The molecular formula is C26H28N4. The van der Waals surface area contributed by atoms with Crippen LogP contribution in [0.2, 0.25) is 0 Å². The summed E-state index contributed by atoms with van der Waals surface area (Å²) < 4.78 is 0. The molecule has 5 rings (SSSR count). The van der Waals surface area contributed by atoms with Crippen molar-refractivity contribution in [2.75, 3.05) is 30.4 Å². The summed E-state index contributed by atoms with van der Waals surface area (Å²) in [6.07, 6.45) is 2.10. The van der Waals surface area contributed by atoms with Crippen molar-refractivity contribution in [1.82, 2.24) is 5.32 Å². The second-order valence-corrected chi connectivity index (χ2v) is 8.21. The summed E-state index contributed by atoms with van der Waals surface area (Å²) in [5, 5.41) is 7.18. The van der Waals surface area contributed by atoms with Crippen LogP contribution in [0, 0.1) is 0 Å². The average molecular weight is 397 g/mol. The van der Waals surface area contributed by atoms with Gasteiger partial charge in [-0.1, -0.05) is 66.7 Å². The molecule has 0 radical (unpaired) electrons. The smallest absolute Gasteiger partial charge is 0.127 e. The van der Waals surface area contributed by atoms with Crippen LogP contribution in [-0.4, -0.2) is 31.5 Å². The Morgan fingerprint density at radius 2 is 1.50 bits per heavy atom. The van der Waals surface area contributed by atoms with Crippen molar-refractivity contribution >= 4 is 17.2 Å². The van der Waals surface area contributed by atoms with Crippen molar-refractivity contribution in [1.29, 1.82) is 0 Å². The van der Waals surface area contributed by atoms with E-state index in [1.807, 2.05) is 0 Å². The predicted molar refractivity (Wildman–Crippen MR) is 126 cm³/mol. The fourth-order valence-corrected chi connectivity index (χ4v) is 4.71. The highest BCUT2D eigenvalue weighted by Crippen LogP contribution is 2.40. The second-order valence-electron chi connectivity index (χ2n) is 8.21. The number of likely N-dealkylation sites (N-methyl/N-ethyl adjacent to an activating group) is 1. The van der Waals surface area contributed by atoms with Crippen LogP contribution in [0.1, 0.15) is 18.4 Å². The van der Waals surface area contributed by atoms with Crippen molar-refractivity contribution in [3.8, 4) is 11.1 Å². The summed E-state index contributed by atoms with van der Waals surface area (Å²) in [6, 6.07) is 27.8. The third-order valence-corrected chi connectivity index (χ3v) is 6.51. The monoisotopic (exact) mass is 396 g/mol. The summed E-state index contributed by atoms with van der Waals surface area (Å²) >= 11 is 0. The summed E-state index contributed by atoms with van der Waals surface area (Å²) in [4.78, 5) is 7.56. The molecule has 0 unspecified atom stereocenters. The highest BCUT2D eigenvalue weighted by atomic mass is 15.3. The van der Waals surface area contributed by atoms with Gasteiger partial charge in [0.15, 0.2) is 0 Å². The molecule has 3 aromatic carbocycles. The van der Waals surface area contributed by atoms with Crippen LogP contribution in [0.15, 0.2) is 83.9 Å². The van der Waals surface area contributed by atoms with Crippen LogP contribution in [0.5, 0.6) is 0 Å². The topological polar surface area (TPSA) is 39.7 Å². The van der Waals surface area contributed by atoms with Gasteiger partial charge in [-0.3, -0.25) is 4.99 Å².